The number of nitrogens with zero attached hydrogens (tertiary/aromatic N) is 1. The normalized spacial score (nSPS) is 11.3. The first kappa shape index (κ1) is 17.1. The van der Waals surface area contributed by atoms with E-state index in [-0.39, 0.29) is 22.3 Å². The Morgan fingerprint density at radius 2 is 1.80 bits per heavy atom. The van der Waals surface area contributed by atoms with E-state index in [9.17, 15) is 18.0 Å². The van der Waals surface area contributed by atoms with Crippen molar-refractivity contribution in [2.75, 3.05) is 10.6 Å². The first-order chi connectivity index (χ1) is 11.9. The lowest BCUT2D eigenvalue weighted by molar-refractivity contribution is -0.0328. The summed E-state index contributed by atoms with van der Waals surface area (Å²) in [6.07, 6.45) is 1.57. The van der Waals surface area contributed by atoms with Gasteiger partial charge in [-0.1, -0.05) is 24.3 Å². The fourth-order valence-corrected chi connectivity index (χ4v) is 2.86. The Morgan fingerprint density at radius 3 is 2.60 bits per heavy atom. The molecule has 2 N–H and O–H groups in total. The van der Waals surface area contributed by atoms with Crippen LogP contribution >= 0.6 is 11.8 Å². The van der Waals surface area contributed by atoms with Crippen LogP contribution in [0.5, 0.6) is 0 Å². The van der Waals surface area contributed by atoms with Crippen LogP contribution in [-0.2, 0) is 0 Å². The lowest BCUT2D eigenvalue weighted by Crippen LogP contribution is -2.19. The molecule has 2 amide bonds. The Kier molecular flexibility index (Phi) is 4.80. The second kappa shape index (κ2) is 7.02. The average molecular weight is 363 g/mol. The molecule has 0 aliphatic carbocycles. The van der Waals surface area contributed by atoms with E-state index in [1.54, 1.807) is 12.3 Å². The van der Waals surface area contributed by atoms with Crippen LogP contribution in [0.25, 0.3) is 10.9 Å². The molecule has 128 valence electrons. The number of urea groups is 1. The number of anilines is 2. The molecular weight excluding hydrogens is 351 g/mol. The van der Waals surface area contributed by atoms with E-state index in [2.05, 4.69) is 15.6 Å². The van der Waals surface area contributed by atoms with Gasteiger partial charge in [-0.15, -0.1) is 0 Å². The van der Waals surface area contributed by atoms with Gasteiger partial charge in [0, 0.05) is 22.2 Å². The van der Waals surface area contributed by atoms with Crippen molar-refractivity contribution >= 4 is 40.1 Å². The summed E-state index contributed by atoms with van der Waals surface area (Å²) in [5.41, 5.74) is -2.82. The zero-order chi connectivity index (χ0) is 17.9. The lowest BCUT2D eigenvalue weighted by atomic mass is 10.2. The summed E-state index contributed by atoms with van der Waals surface area (Å²) in [5, 5.41) is 5.98. The molecule has 0 radical (unpaired) electrons. The summed E-state index contributed by atoms with van der Waals surface area (Å²) in [4.78, 5) is 16.3. The summed E-state index contributed by atoms with van der Waals surface area (Å²) in [6.45, 7) is 0. The highest BCUT2D eigenvalue weighted by atomic mass is 32.2. The average Bonchev–Trinajstić information content (AvgIpc) is 2.54. The molecule has 0 saturated heterocycles. The predicted octanol–water partition coefficient (Wildman–Crippen LogP) is 5.49. The van der Waals surface area contributed by atoms with E-state index in [4.69, 9.17) is 0 Å². The molecule has 25 heavy (non-hydrogen) atoms. The highest BCUT2D eigenvalue weighted by Gasteiger charge is 2.29. The number of benzene rings is 2. The lowest BCUT2D eigenvalue weighted by Gasteiger charge is -2.11. The molecule has 2 aromatic carbocycles. The molecule has 0 aliphatic heterocycles. The van der Waals surface area contributed by atoms with Gasteiger partial charge in [-0.05, 0) is 42.1 Å². The number of aromatic nitrogens is 1. The molecule has 0 saturated carbocycles. The van der Waals surface area contributed by atoms with Crippen molar-refractivity contribution in [3.63, 3.8) is 0 Å². The van der Waals surface area contributed by atoms with Crippen molar-refractivity contribution in [2.24, 2.45) is 0 Å². The van der Waals surface area contributed by atoms with Gasteiger partial charge in [0.05, 0.1) is 11.2 Å². The topological polar surface area (TPSA) is 54.0 Å². The molecule has 1 aromatic heterocycles. The third-order valence-corrected chi connectivity index (χ3v) is 3.94. The van der Waals surface area contributed by atoms with Gasteiger partial charge in [-0.2, -0.15) is 13.2 Å². The van der Waals surface area contributed by atoms with Gasteiger partial charge in [0.1, 0.15) is 0 Å². The molecule has 0 fully saturated rings. The summed E-state index contributed by atoms with van der Waals surface area (Å²) in [6, 6.07) is 14.0. The maximum Gasteiger partial charge on any atom is 0.446 e. The van der Waals surface area contributed by atoms with E-state index in [1.807, 2.05) is 24.3 Å². The minimum atomic E-state index is -4.38. The van der Waals surface area contributed by atoms with Crippen LogP contribution in [0.4, 0.5) is 29.3 Å². The van der Waals surface area contributed by atoms with E-state index < -0.39 is 11.5 Å². The highest BCUT2D eigenvalue weighted by molar-refractivity contribution is 8.00. The van der Waals surface area contributed by atoms with E-state index in [0.717, 1.165) is 10.9 Å². The van der Waals surface area contributed by atoms with Gasteiger partial charge in [-0.25, -0.2) is 4.79 Å². The summed E-state index contributed by atoms with van der Waals surface area (Å²) < 4.78 is 37.3. The standard InChI is InChI=1S/C17H12F3N3OS/c18-17(19,20)25-12-5-3-4-11(10-12)22-16(24)23-15-8-9-21-14-7-2-1-6-13(14)15/h1-10H,(H2,21,22,23,24). The second-order valence-electron chi connectivity index (χ2n) is 5.03. The number of thioether (sulfide) groups is 1. The summed E-state index contributed by atoms with van der Waals surface area (Å²) in [7, 11) is 0. The van der Waals surface area contributed by atoms with Crippen LogP contribution < -0.4 is 10.6 Å². The Morgan fingerprint density at radius 1 is 1.00 bits per heavy atom. The Bertz CT molecular complexity index is 910. The van der Waals surface area contributed by atoms with Crippen molar-refractivity contribution in [3.05, 3.63) is 60.8 Å². The van der Waals surface area contributed by atoms with E-state index in [1.165, 1.54) is 24.3 Å². The number of carbonyl (C=O) groups excluding carboxylic acids is 1. The number of halogens is 3. The SMILES string of the molecule is O=C(Nc1cccc(SC(F)(F)F)c1)Nc1ccnc2ccccc12. The van der Waals surface area contributed by atoms with Crippen LogP contribution in [0, 0.1) is 0 Å². The Labute approximate surface area is 145 Å². The number of nitrogens with one attached hydrogen (secondary N) is 2. The number of hydrogen-bond acceptors (Lipinski definition) is 3. The summed E-state index contributed by atoms with van der Waals surface area (Å²) in [5.74, 6) is 0. The van der Waals surface area contributed by atoms with Gasteiger partial charge >= 0.3 is 11.5 Å². The van der Waals surface area contributed by atoms with Gasteiger partial charge in [0.2, 0.25) is 0 Å². The number of rotatable bonds is 3. The van der Waals surface area contributed by atoms with E-state index in [0.29, 0.717) is 5.69 Å². The molecule has 3 rings (SSSR count). The van der Waals surface area contributed by atoms with Crippen LogP contribution in [0.1, 0.15) is 0 Å². The van der Waals surface area contributed by atoms with Crippen LogP contribution in [-0.4, -0.2) is 16.5 Å². The second-order valence-corrected chi connectivity index (χ2v) is 6.17. The first-order valence-corrected chi connectivity index (χ1v) is 8.00. The maximum absolute atomic E-state index is 12.4. The molecule has 0 aliphatic rings. The molecule has 0 atom stereocenters. The van der Waals surface area contributed by atoms with Gasteiger partial charge in [0.25, 0.3) is 0 Å². The minimum absolute atomic E-state index is 0.000314. The van der Waals surface area contributed by atoms with Crippen molar-refractivity contribution in [2.45, 2.75) is 10.4 Å². The van der Waals surface area contributed by atoms with Gasteiger partial charge in [0.15, 0.2) is 0 Å². The number of pyridine rings is 1. The van der Waals surface area contributed by atoms with Crippen molar-refractivity contribution < 1.29 is 18.0 Å². The summed E-state index contributed by atoms with van der Waals surface area (Å²) >= 11 is -0.232. The number of amides is 2. The Balaban J connectivity index is 1.73. The molecule has 0 spiro atoms. The van der Waals surface area contributed by atoms with Crippen molar-refractivity contribution in [1.82, 2.24) is 4.98 Å². The predicted molar refractivity (Wildman–Crippen MR) is 92.7 cm³/mol. The number of fused-ring (bicyclic) bond motifs is 1. The van der Waals surface area contributed by atoms with E-state index >= 15 is 0 Å². The van der Waals surface area contributed by atoms with Gasteiger partial charge in [-0.3, -0.25) is 4.98 Å². The van der Waals surface area contributed by atoms with Gasteiger partial charge < -0.3 is 10.6 Å². The largest absolute Gasteiger partial charge is 0.446 e. The zero-order valence-electron chi connectivity index (χ0n) is 12.7. The van der Waals surface area contributed by atoms with Crippen molar-refractivity contribution in [1.29, 1.82) is 0 Å². The monoisotopic (exact) mass is 363 g/mol. The fourth-order valence-electron chi connectivity index (χ4n) is 2.26. The zero-order valence-corrected chi connectivity index (χ0v) is 13.5. The number of hydrogen-bond donors (Lipinski definition) is 2. The molecule has 3 aromatic rings. The molecule has 4 nitrogen and oxygen atoms in total. The molecule has 8 heteroatoms. The smallest absolute Gasteiger partial charge is 0.308 e. The fraction of sp³-hybridized carbons (Fsp3) is 0.0588. The number of para-hydroxylation sites is 1. The quantitative estimate of drug-likeness (QED) is 0.605. The third kappa shape index (κ3) is 4.63. The molecule has 0 bridgehead atoms. The minimum Gasteiger partial charge on any atom is -0.308 e. The molecule has 1 heterocycles. The molecule has 0 unspecified atom stereocenters. The number of carbonyl (C=O) groups is 1. The Hall–Kier alpha value is -2.74. The van der Waals surface area contributed by atoms with Crippen LogP contribution in [0.15, 0.2) is 65.7 Å². The maximum atomic E-state index is 12.4. The van der Waals surface area contributed by atoms with Crippen LogP contribution in [0.2, 0.25) is 0 Å². The number of alkyl halides is 3. The third-order valence-electron chi connectivity index (χ3n) is 3.22. The molecular formula is C17H12F3N3OS. The van der Waals surface area contributed by atoms with Crippen molar-refractivity contribution in [3.8, 4) is 0 Å². The van der Waals surface area contributed by atoms with Crippen LogP contribution in [0.3, 0.4) is 0 Å². The highest BCUT2D eigenvalue weighted by Crippen LogP contribution is 2.37. The first-order valence-electron chi connectivity index (χ1n) is 7.18.